The highest BCUT2D eigenvalue weighted by atomic mass is 19.3. The van der Waals surface area contributed by atoms with E-state index in [9.17, 15) is 8.78 Å². The van der Waals surface area contributed by atoms with E-state index in [2.05, 4.69) is 4.74 Å². The van der Waals surface area contributed by atoms with E-state index in [-0.39, 0.29) is 6.42 Å². The Morgan fingerprint density at radius 3 is 2.20 bits per heavy atom. The van der Waals surface area contributed by atoms with Crippen LogP contribution >= 0.6 is 0 Å². The normalized spacial score (nSPS) is 15.3. The number of hydrogen-bond acceptors (Lipinski definition) is 2. The maximum atomic E-state index is 12.4. The van der Waals surface area contributed by atoms with E-state index in [0.29, 0.717) is 0 Å². The maximum Gasteiger partial charge on any atom is 0.296 e. The van der Waals surface area contributed by atoms with Gasteiger partial charge in [-0.05, 0) is 6.42 Å². The lowest BCUT2D eigenvalue weighted by atomic mass is 10.1. The summed E-state index contributed by atoms with van der Waals surface area (Å²) in [5.41, 5.74) is 0. The van der Waals surface area contributed by atoms with Gasteiger partial charge in [0.05, 0.1) is 0 Å². The van der Waals surface area contributed by atoms with E-state index in [4.69, 9.17) is 5.11 Å². The molecule has 0 bridgehead atoms. The Morgan fingerprint density at radius 1 is 1.60 bits per heavy atom. The van der Waals surface area contributed by atoms with Crippen molar-refractivity contribution in [1.82, 2.24) is 0 Å². The first-order valence-corrected chi connectivity index (χ1v) is 3.10. The summed E-state index contributed by atoms with van der Waals surface area (Å²) in [6.45, 7) is 0.428. The van der Waals surface area contributed by atoms with Gasteiger partial charge in [-0.2, -0.15) is 0 Å². The predicted molar refractivity (Wildman–Crippen MR) is 33.1 cm³/mol. The van der Waals surface area contributed by atoms with Gasteiger partial charge in [-0.3, -0.25) is 0 Å². The van der Waals surface area contributed by atoms with Gasteiger partial charge in [-0.25, -0.2) is 8.78 Å². The van der Waals surface area contributed by atoms with Crippen LogP contribution in [0.25, 0.3) is 0 Å². The topological polar surface area (TPSA) is 29.5 Å². The van der Waals surface area contributed by atoms with Crippen LogP contribution in [0.4, 0.5) is 8.78 Å². The smallest absolute Gasteiger partial charge is 0.296 e. The molecule has 0 aliphatic carbocycles. The highest BCUT2D eigenvalue weighted by molar-refractivity contribution is 4.74. The summed E-state index contributed by atoms with van der Waals surface area (Å²) in [5.74, 6) is -3.11. The van der Waals surface area contributed by atoms with Gasteiger partial charge in [-0.15, -0.1) is 0 Å². The van der Waals surface area contributed by atoms with Gasteiger partial charge in [-0.1, -0.05) is 6.92 Å². The van der Waals surface area contributed by atoms with E-state index in [1.165, 1.54) is 7.11 Å². The molecule has 62 valence electrons. The van der Waals surface area contributed by atoms with Crippen molar-refractivity contribution < 1.29 is 18.6 Å². The van der Waals surface area contributed by atoms with E-state index in [1.807, 2.05) is 0 Å². The van der Waals surface area contributed by atoms with Crippen molar-refractivity contribution in [1.29, 1.82) is 0 Å². The van der Waals surface area contributed by atoms with E-state index < -0.39 is 18.6 Å². The highest BCUT2D eigenvalue weighted by Gasteiger charge is 2.37. The average Bonchev–Trinajstić information content (AvgIpc) is 1.90. The Balaban J connectivity index is 3.97. The summed E-state index contributed by atoms with van der Waals surface area (Å²) in [7, 11) is 1.21. The molecule has 4 heteroatoms. The lowest BCUT2D eigenvalue weighted by molar-refractivity contribution is -0.149. The first-order valence-electron chi connectivity index (χ1n) is 3.10. The number of ether oxygens (including phenoxy) is 1. The minimum absolute atomic E-state index is 0.198. The van der Waals surface area contributed by atoms with E-state index in [1.54, 1.807) is 6.92 Å². The molecular formula is C6H12F2O2. The molecule has 0 spiro atoms. The van der Waals surface area contributed by atoms with Crippen LogP contribution in [-0.4, -0.2) is 30.8 Å². The summed E-state index contributed by atoms with van der Waals surface area (Å²) in [4.78, 5) is 0. The fourth-order valence-corrected chi connectivity index (χ4v) is 0.740. The number of aliphatic hydroxyl groups is 1. The standard InChI is InChI=1S/C6H12F2O2/c1-3-5(10-2)6(7,8)4-9/h5,9H,3-4H2,1-2H3. The first kappa shape index (κ1) is 9.78. The zero-order chi connectivity index (χ0) is 8.20. The SMILES string of the molecule is CCC(OC)C(F)(F)CO. The second kappa shape index (κ2) is 3.83. The zero-order valence-corrected chi connectivity index (χ0v) is 6.10. The Hall–Kier alpha value is -0.220. The van der Waals surface area contributed by atoms with Crippen molar-refractivity contribution in [3.63, 3.8) is 0 Å². The Labute approximate surface area is 58.8 Å². The van der Waals surface area contributed by atoms with Crippen LogP contribution in [0.2, 0.25) is 0 Å². The first-order chi connectivity index (χ1) is 4.58. The van der Waals surface area contributed by atoms with Gasteiger partial charge < -0.3 is 9.84 Å². The minimum Gasteiger partial charge on any atom is -0.390 e. The molecule has 0 heterocycles. The molecule has 0 aromatic carbocycles. The molecule has 0 amide bonds. The van der Waals surface area contributed by atoms with Crippen LogP contribution < -0.4 is 0 Å². The van der Waals surface area contributed by atoms with Crippen LogP contribution in [0.15, 0.2) is 0 Å². The molecule has 0 aromatic heterocycles. The number of methoxy groups -OCH3 is 1. The molecule has 0 saturated carbocycles. The summed E-state index contributed by atoms with van der Waals surface area (Å²) in [5, 5.41) is 8.20. The van der Waals surface area contributed by atoms with Gasteiger partial charge in [0.15, 0.2) is 0 Å². The maximum absolute atomic E-state index is 12.4. The molecule has 1 atom stereocenters. The summed E-state index contributed by atoms with van der Waals surface area (Å²) in [6.07, 6.45) is -0.971. The summed E-state index contributed by atoms with van der Waals surface area (Å²) in [6, 6.07) is 0. The van der Waals surface area contributed by atoms with Crippen molar-refractivity contribution in [2.24, 2.45) is 0 Å². The van der Waals surface area contributed by atoms with Crippen LogP contribution in [0.5, 0.6) is 0 Å². The fraction of sp³-hybridized carbons (Fsp3) is 1.00. The van der Waals surface area contributed by atoms with Crippen LogP contribution in [0, 0.1) is 0 Å². The van der Waals surface area contributed by atoms with Gasteiger partial charge in [0, 0.05) is 7.11 Å². The molecule has 0 aliphatic rings. The van der Waals surface area contributed by atoms with Gasteiger partial charge in [0.1, 0.15) is 12.7 Å². The second-order valence-electron chi connectivity index (χ2n) is 2.05. The van der Waals surface area contributed by atoms with E-state index in [0.717, 1.165) is 0 Å². The lowest BCUT2D eigenvalue weighted by Crippen LogP contribution is -2.37. The second-order valence-corrected chi connectivity index (χ2v) is 2.05. The molecule has 1 N–H and O–H groups in total. The molecule has 10 heavy (non-hydrogen) atoms. The van der Waals surface area contributed by atoms with E-state index >= 15 is 0 Å². The third-order valence-corrected chi connectivity index (χ3v) is 1.34. The Kier molecular flexibility index (Phi) is 3.75. The number of aliphatic hydroxyl groups excluding tert-OH is 1. The van der Waals surface area contributed by atoms with Gasteiger partial charge >= 0.3 is 0 Å². The Morgan fingerprint density at radius 2 is 2.10 bits per heavy atom. The zero-order valence-electron chi connectivity index (χ0n) is 6.10. The third kappa shape index (κ3) is 2.19. The van der Waals surface area contributed by atoms with Gasteiger partial charge in [0.25, 0.3) is 5.92 Å². The molecule has 0 aliphatic heterocycles. The Bertz CT molecular complexity index is 91.7. The third-order valence-electron chi connectivity index (χ3n) is 1.34. The van der Waals surface area contributed by atoms with Crippen molar-refractivity contribution in [2.75, 3.05) is 13.7 Å². The number of halogens is 2. The number of rotatable bonds is 4. The van der Waals surface area contributed by atoms with Crippen molar-refractivity contribution >= 4 is 0 Å². The van der Waals surface area contributed by atoms with Crippen molar-refractivity contribution in [3.05, 3.63) is 0 Å². The molecule has 0 radical (unpaired) electrons. The molecule has 2 nitrogen and oxygen atoms in total. The largest absolute Gasteiger partial charge is 0.390 e. The predicted octanol–water partition coefficient (Wildman–Crippen LogP) is 1.04. The highest BCUT2D eigenvalue weighted by Crippen LogP contribution is 2.22. The molecular weight excluding hydrogens is 142 g/mol. The average molecular weight is 154 g/mol. The number of alkyl halides is 2. The summed E-state index contributed by atoms with van der Waals surface area (Å²) < 4.78 is 29.3. The molecule has 1 unspecified atom stereocenters. The molecule has 0 rings (SSSR count). The minimum atomic E-state index is -3.11. The molecule has 0 aromatic rings. The summed E-state index contributed by atoms with van der Waals surface area (Å²) >= 11 is 0. The number of hydrogen-bond donors (Lipinski definition) is 1. The lowest BCUT2D eigenvalue weighted by Gasteiger charge is -2.22. The van der Waals surface area contributed by atoms with Crippen LogP contribution in [-0.2, 0) is 4.74 Å². The quantitative estimate of drug-likeness (QED) is 0.655. The van der Waals surface area contributed by atoms with Crippen molar-refractivity contribution in [2.45, 2.75) is 25.4 Å². The monoisotopic (exact) mass is 154 g/mol. The van der Waals surface area contributed by atoms with Crippen LogP contribution in [0.3, 0.4) is 0 Å². The molecule has 0 fully saturated rings. The molecule has 0 saturated heterocycles. The fourth-order valence-electron chi connectivity index (χ4n) is 0.740. The van der Waals surface area contributed by atoms with Gasteiger partial charge in [0.2, 0.25) is 0 Å². The van der Waals surface area contributed by atoms with Crippen LogP contribution in [0.1, 0.15) is 13.3 Å². The van der Waals surface area contributed by atoms with Crippen molar-refractivity contribution in [3.8, 4) is 0 Å².